The van der Waals surface area contributed by atoms with Gasteiger partial charge in [-0.25, -0.2) is 0 Å². The molecule has 1 fully saturated rings. The molecule has 1 N–H and O–H groups in total. The molecule has 0 bridgehead atoms. The van der Waals surface area contributed by atoms with Crippen LogP contribution >= 0.6 is 0 Å². The average Bonchev–Trinajstić information content (AvgIpc) is 2.46. The van der Waals surface area contributed by atoms with E-state index in [1.807, 2.05) is 6.07 Å². The van der Waals surface area contributed by atoms with Gasteiger partial charge < -0.3 is 10.1 Å². The van der Waals surface area contributed by atoms with E-state index in [4.69, 9.17) is 4.74 Å². The van der Waals surface area contributed by atoms with Gasteiger partial charge in [-0.2, -0.15) is 0 Å². The van der Waals surface area contributed by atoms with Crippen LogP contribution in [-0.4, -0.2) is 19.7 Å². The lowest BCUT2D eigenvalue weighted by atomic mass is 9.86. The molecule has 100 valence electrons. The maximum atomic E-state index is 5.27. The summed E-state index contributed by atoms with van der Waals surface area (Å²) in [4.78, 5) is 0. The van der Waals surface area contributed by atoms with Crippen LogP contribution in [-0.2, 0) is 0 Å². The molecule has 0 aromatic heterocycles. The largest absolute Gasteiger partial charge is 0.497 e. The van der Waals surface area contributed by atoms with E-state index in [-0.39, 0.29) is 0 Å². The Hall–Kier alpha value is -1.54. The number of hydrogen-bond donors (Lipinski definition) is 1. The van der Waals surface area contributed by atoms with Crippen LogP contribution in [0.4, 0.5) is 0 Å². The number of methoxy groups -OCH3 is 1. The smallest absolute Gasteiger partial charge is 0.119 e. The number of benzene rings is 2. The van der Waals surface area contributed by atoms with Gasteiger partial charge in [0.1, 0.15) is 5.75 Å². The van der Waals surface area contributed by atoms with Crippen LogP contribution in [0.15, 0.2) is 36.4 Å². The summed E-state index contributed by atoms with van der Waals surface area (Å²) in [6.07, 6.45) is 2.48. The fourth-order valence-corrected chi connectivity index (χ4v) is 3.06. The molecule has 2 nitrogen and oxygen atoms in total. The predicted octanol–water partition coefficient (Wildman–Crippen LogP) is 3.70. The van der Waals surface area contributed by atoms with Gasteiger partial charge in [0.15, 0.2) is 0 Å². The van der Waals surface area contributed by atoms with Crippen molar-refractivity contribution in [3.8, 4) is 5.75 Å². The molecule has 0 aliphatic carbocycles. The van der Waals surface area contributed by atoms with Crippen LogP contribution in [0.2, 0.25) is 0 Å². The molecule has 1 heterocycles. The number of fused-ring (bicyclic) bond motifs is 1. The average molecular weight is 255 g/mol. The molecule has 1 aliphatic rings. The van der Waals surface area contributed by atoms with Crippen molar-refractivity contribution in [3.63, 3.8) is 0 Å². The van der Waals surface area contributed by atoms with Crippen LogP contribution in [0.1, 0.15) is 31.2 Å². The third-order valence-electron chi connectivity index (χ3n) is 4.17. The standard InChI is InChI=1S/C17H21NO/c1-12-9-16(7-8-18-12)13-3-4-15-11-17(19-2)6-5-14(15)10-13/h3-6,10-12,16,18H,7-9H2,1-2H3. The first-order valence-electron chi connectivity index (χ1n) is 7.07. The van der Waals surface area contributed by atoms with Gasteiger partial charge in [0.25, 0.3) is 0 Å². The predicted molar refractivity (Wildman–Crippen MR) is 79.9 cm³/mol. The Morgan fingerprint density at radius 2 is 1.89 bits per heavy atom. The third kappa shape index (κ3) is 2.59. The van der Waals surface area contributed by atoms with Gasteiger partial charge in [0.2, 0.25) is 0 Å². The van der Waals surface area contributed by atoms with Gasteiger partial charge in [-0.05, 0) is 60.7 Å². The zero-order valence-electron chi connectivity index (χ0n) is 11.6. The molecule has 2 aromatic carbocycles. The maximum absolute atomic E-state index is 5.27. The molecule has 2 unspecified atom stereocenters. The minimum Gasteiger partial charge on any atom is -0.497 e. The summed E-state index contributed by atoms with van der Waals surface area (Å²) in [6, 6.07) is 13.8. The van der Waals surface area contributed by atoms with Gasteiger partial charge in [-0.1, -0.05) is 24.3 Å². The van der Waals surface area contributed by atoms with Crippen LogP contribution < -0.4 is 10.1 Å². The lowest BCUT2D eigenvalue weighted by Gasteiger charge is -2.28. The zero-order chi connectivity index (χ0) is 13.2. The fraction of sp³-hybridized carbons (Fsp3) is 0.412. The van der Waals surface area contributed by atoms with Gasteiger partial charge in [-0.3, -0.25) is 0 Å². The molecule has 19 heavy (non-hydrogen) atoms. The maximum Gasteiger partial charge on any atom is 0.119 e. The van der Waals surface area contributed by atoms with Gasteiger partial charge >= 0.3 is 0 Å². The highest BCUT2D eigenvalue weighted by Crippen LogP contribution is 2.30. The van der Waals surface area contributed by atoms with Crippen LogP contribution in [0.5, 0.6) is 5.75 Å². The third-order valence-corrected chi connectivity index (χ3v) is 4.17. The van der Waals surface area contributed by atoms with E-state index in [2.05, 4.69) is 42.6 Å². The van der Waals surface area contributed by atoms with Crippen molar-refractivity contribution in [3.05, 3.63) is 42.0 Å². The second-order valence-corrected chi connectivity index (χ2v) is 5.55. The highest BCUT2D eigenvalue weighted by molar-refractivity contribution is 5.84. The minimum absolute atomic E-state index is 0.630. The normalized spacial score (nSPS) is 23.5. The Morgan fingerprint density at radius 3 is 2.68 bits per heavy atom. The van der Waals surface area contributed by atoms with Crippen molar-refractivity contribution in [2.24, 2.45) is 0 Å². The molecule has 0 amide bonds. The van der Waals surface area contributed by atoms with E-state index in [1.54, 1.807) is 7.11 Å². The Kier molecular flexibility index (Phi) is 3.43. The monoisotopic (exact) mass is 255 g/mol. The van der Waals surface area contributed by atoms with Crippen molar-refractivity contribution in [2.75, 3.05) is 13.7 Å². The van der Waals surface area contributed by atoms with Crippen molar-refractivity contribution < 1.29 is 4.74 Å². The highest BCUT2D eigenvalue weighted by atomic mass is 16.5. The summed E-state index contributed by atoms with van der Waals surface area (Å²) in [5.41, 5.74) is 1.48. The summed E-state index contributed by atoms with van der Waals surface area (Å²) < 4.78 is 5.27. The van der Waals surface area contributed by atoms with Gasteiger partial charge in [0, 0.05) is 6.04 Å². The number of ether oxygens (including phenoxy) is 1. The first-order valence-corrected chi connectivity index (χ1v) is 7.07. The first-order chi connectivity index (χ1) is 9.26. The van der Waals surface area contributed by atoms with E-state index in [0.717, 1.165) is 12.3 Å². The van der Waals surface area contributed by atoms with E-state index >= 15 is 0 Å². The zero-order valence-corrected chi connectivity index (χ0v) is 11.6. The minimum atomic E-state index is 0.630. The van der Waals surface area contributed by atoms with E-state index < -0.39 is 0 Å². The molecule has 3 rings (SSSR count). The lowest BCUT2D eigenvalue weighted by molar-refractivity contribution is 0.381. The molecule has 0 saturated carbocycles. The molecule has 0 spiro atoms. The summed E-state index contributed by atoms with van der Waals surface area (Å²) in [5, 5.41) is 6.08. The number of piperidine rings is 1. The Labute approximate surface area is 114 Å². The van der Waals surface area contributed by atoms with E-state index in [9.17, 15) is 0 Å². The molecule has 2 atom stereocenters. The number of nitrogens with one attached hydrogen (secondary N) is 1. The lowest BCUT2D eigenvalue weighted by Crippen LogP contribution is -2.34. The SMILES string of the molecule is COc1ccc2cc(C3CCNC(C)C3)ccc2c1. The molecule has 0 radical (unpaired) electrons. The highest BCUT2D eigenvalue weighted by Gasteiger charge is 2.19. The van der Waals surface area contributed by atoms with E-state index in [1.165, 1.54) is 29.2 Å². The fourth-order valence-electron chi connectivity index (χ4n) is 3.06. The molecule has 2 aromatic rings. The van der Waals surface area contributed by atoms with Crippen molar-refractivity contribution in [2.45, 2.75) is 31.7 Å². The van der Waals surface area contributed by atoms with Crippen molar-refractivity contribution in [1.29, 1.82) is 0 Å². The molecular weight excluding hydrogens is 234 g/mol. The number of hydrogen-bond acceptors (Lipinski definition) is 2. The summed E-state index contributed by atoms with van der Waals surface area (Å²) in [6.45, 7) is 3.41. The van der Waals surface area contributed by atoms with Crippen molar-refractivity contribution in [1.82, 2.24) is 5.32 Å². The van der Waals surface area contributed by atoms with Gasteiger partial charge in [-0.15, -0.1) is 0 Å². The molecule has 1 saturated heterocycles. The molecule has 2 heteroatoms. The van der Waals surface area contributed by atoms with Crippen LogP contribution in [0.25, 0.3) is 10.8 Å². The van der Waals surface area contributed by atoms with Crippen LogP contribution in [0.3, 0.4) is 0 Å². The Morgan fingerprint density at radius 1 is 1.11 bits per heavy atom. The Bertz CT molecular complexity index is 578. The first kappa shape index (κ1) is 12.5. The second-order valence-electron chi connectivity index (χ2n) is 5.55. The summed E-state index contributed by atoms with van der Waals surface area (Å²) in [5.74, 6) is 1.62. The Balaban J connectivity index is 1.93. The van der Waals surface area contributed by atoms with Crippen molar-refractivity contribution >= 4 is 10.8 Å². The summed E-state index contributed by atoms with van der Waals surface area (Å²) >= 11 is 0. The van der Waals surface area contributed by atoms with Gasteiger partial charge in [0.05, 0.1) is 7.11 Å². The van der Waals surface area contributed by atoms with Crippen LogP contribution in [0, 0.1) is 0 Å². The number of rotatable bonds is 2. The van der Waals surface area contributed by atoms with E-state index in [0.29, 0.717) is 12.0 Å². The summed E-state index contributed by atoms with van der Waals surface area (Å²) in [7, 11) is 1.71. The second kappa shape index (κ2) is 5.22. The molecule has 1 aliphatic heterocycles. The topological polar surface area (TPSA) is 21.3 Å². The molecular formula is C17H21NO. The quantitative estimate of drug-likeness (QED) is 0.883.